The largest absolute Gasteiger partial charge is 0.399 e. The highest BCUT2D eigenvalue weighted by atomic mass is 32.2. The van der Waals surface area contributed by atoms with Gasteiger partial charge in [0.15, 0.2) is 0 Å². The molecular formula is C12H17N3O2S. The van der Waals surface area contributed by atoms with E-state index in [1.165, 1.54) is 22.5 Å². The van der Waals surface area contributed by atoms with Crippen LogP contribution in [0.4, 0.5) is 5.69 Å². The molecule has 18 heavy (non-hydrogen) atoms. The molecule has 98 valence electrons. The average Bonchev–Trinajstić information content (AvgIpc) is 2.28. The van der Waals surface area contributed by atoms with Gasteiger partial charge in [-0.25, -0.2) is 8.42 Å². The van der Waals surface area contributed by atoms with Crippen LogP contribution >= 0.6 is 0 Å². The van der Waals surface area contributed by atoms with E-state index in [0.29, 0.717) is 12.2 Å². The molecule has 5 nitrogen and oxygen atoms in total. The number of nitrogen functional groups attached to an aromatic ring is 1. The zero-order valence-electron chi connectivity index (χ0n) is 10.7. The van der Waals surface area contributed by atoms with E-state index >= 15 is 0 Å². The van der Waals surface area contributed by atoms with Crippen molar-refractivity contribution in [3.63, 3.8) is 0 Å². The number of anilines is 1. The molecule has 0 aromatic heterocycles. The van der Waals surface area contributed by atoms with Crippen LogP contribution in [-0.4, -0.2) is 25.3 Å². The van der Waals surface area contributed by atoms with Crippen molar-refractivity contribution in [3.05, 3.63) is 23.8 Å². The number of nitrogens with zero attached hydrogens (tertiary/aromatic N) is 2. The highest BCUT2D eigenvalue weighted by Gasteiger charge is 2.27. The Morgan fingerprint density at radius 3 is 2.50 bits per heavy atom. The lowest BCUT2D eigenvalue weighted by Crippen LogP contribution is -2.37. The predicted octanol–water partition coefficient (Wildman–Crippen LogP) is 1.56. The summed E-state index contributed by atoms with van der Waals surface area (Å²) in [5, 5.41) is 9.01. The fraction of sp³-hybridized carbons (Fsp3) is 0.417. The fourth-order valence-electron chi connectivity index (χ4n) is 1.80. The van der Waals surface area contributed by atoms with Crippen LogP contribution in [-0.2, 0) is 10.0 Å². The van der Waals surface area contributed by atoms with E-state index < -0.39 is 10.0 Å². The van der Waals surface area contributed by atoms with Crippen LogP contribution in [0.3, 0.4) is 0 Å². The number of nitrogens with two attached hydrogens (primary N) is 1. The van der Waals surface area contributed by atoms with Gasteiger partial charge in [-0.15, -0.1) is 0 Å². The minimum Gasteiger partial charge on any atom is -0.399 e. The SMILES string of the molecule is CCN(C(C)C)S(=O)(=O)c1ccc(N)cc1C#N. The first-order valence-corrected chi connectivity index (χ1v) is 7.10. The predicted molar refractivity (Wildman–Crippen MR) is 70.3 cm³/mol. The lowest BCUT2D eigenvalue weighted by atomic mass is 10.2. The third-order valence-corrected chi connectivity index (χ3v) is 4.81. The number of benzene rings is 1. The Balaban J connectivity index is 3.42. The lowest BCUT2D eigenvalue weighted by molar-refractivity contribution is 0.369. The number of rotatable bonds is 4. The molecule has 0 heterocycles. The summed E-state index contributed by atoms with van der Waals surface area (Å²) in [4.78, 5) is 0.00903. The smallest absolute Gasteiger partial charge is 0.244 e. The lowest BCUT2D eigenvalue weighted by Gasteiger charge is -2.24. The second kappa shape index (κ2) is 5.38. The van der Waals surface area contributed by atoms with E-state index in [-0.39, 0.29) is 16.5 Å². The van der Waals surface area contributed by atoms with Gasteiger partial charge >= 0.3 is 0 Å². The van der Waals surface area contributed by atoms with Crippen molar-refractivity contribution in [2.75, 3.05) is 12.3 Å². The minimum absolute atomic E-state index is 0.00903. The third kappa shape index (κ3) is 2.63. The molecular weight excluding hydrogens is 250 g/mol. The Labute approximate surface area is 108 Å². The number of sulfonamides is 1. The first kappa shape index (κ1) is 14.5. The van der Waals surface area contributed by atoms with Crippen molar-refractivity contribution in [3.8, 4) is 6.07 Å². The van der Waals surface area contributed by atoms with E-state index in [2.05, 4.69) is 0 Å². The van der Waals surface area contributed by atoms with E-state index in [4.69, 9.17) is 11.0 Å². The molecule has 0 bridgehead atoms. The Bertz CT molecular complexity index is 573. The van der Waals surface area contributed by atoms with Crippen molar-refractivity contribution in [2.45, 2.75) is 31.7 Å². The van der Waals surface area contributed by atoms with E-state index in [1.54, 1.807) is 20.8 Å². The number of hydrogen-bond acceptors (Lipinski definition) is 4. The molecule has 0 amide bonds. The first-order valence-electron chi connectivity index (χ1n) is 5.66. The number of nitriles is 1. The van der Waals surface area contributed by atoms with Crippen molar-refractivity contribution >= 4 is 15.7 Å². The Hall–Kier alpha value is -1.58. The van der Waals surface area contributed by atoms with E-state index in [9.17, 15) is 8.42 Å². The van der Waals surface area contributed by atoms with Crippen molar-refractivity contribution < 1.29 is 8.42 Å². The van der Waals surface area contributed by atoms with Gasteiger partial charge in [-0.3, -0.25) is 0 Å². The van der Waals surface area contributed by atoms with Crippen LogP contribution in [0.2, 0.25) is 0 Å². The summed E-state index contributed by atoms with van der Waals surface area (Å²) in [5.74, 6) is 0. The Kier molecular flexibility index (Phi) is 4.33. The van der Waals surface area contributed by atoms with Crippen LogP contribution in [0.5, 0.6) is 0 Å². The van der Waals surface area contributed by atoms with Crippen LogP contribution in [0.25, 0.3) is 0 Å². The van der Waals surface area contributed by atoms with Gasteiger partial charge in [0.25, 0.3) is 0 Å². The molecule has 0 saturated heterocycles. The highest BCUT2D eigenvalue weighted by Crippen LogP contribution is 2.23. The summed E-state index contributed by atoms with van der Waals surface area (Å²) in [6, 6.07) is 5.96. The van der Waals surface area contributed by atoms with Gasteiger partial charge in [-0.2, -0.15) is 9.57 Å². The second-order valence-corrected chi connectivity index (χ2v) is 6.03. The summed E-state index contributed by atoms with van der Waals surface area (Å²) in [5.41, 5.74) is 6.01. The number of hydrogen-bond donors (Lipinski definition) is 1. The fourth-order valence-corrected chi connectivity index (χ4v) is 3.57. The van der Waals surface area contributed by atoms with Crippen molar-refractivity contribution in [1.29, 1.82) is 5.26 Å². The minimum atomic E-state index is -3.65. The van der Waals surface area contributed by atoms with Gasteiger partial charge in [0, 0.05) is 18.3 Å². The Morgan fingerprint density at radius 2 is 2.06 bits per heavy atom. The molecule has 6 heteroatoms. The van der Waals surface area contributed by atoms with Crippen molar-refractivity contribution in [1.82, 2.24) is 4.31 Å². The maximum atomic E-state index is 12.4. The summed E-state index contributed by atoms with van der Waals surface area (Å²) in [6.45, 7) is 5.71. The molecule has 1 aromatic carbocycles. The molecule has 2 N–H and O–H groups in total. The maximum Gasteiger partial charge on any atom is 0.244 e. The molecule has 0 unspecified atom stereocenters. The molecule has 0 fully saturated rings. The van der Waals surface area contributed by atoms with Gasteiger partial charge in [-0.1, -0.05) is 6.92 Å². The highest BCUT2D eigenvalue weighted by molar-refractivity contribution is 7.89. The van der Waals surface area contributed by atoms with Gasteiger partial charge in [0.05, 0.1) is 5.56 Å². The van der Waals surface area contributed by atoms with Crippen LogP contribution in [0.15, 0.2) is 23.1 Å². The summed E-state index contributed by atoms with van der Waals surface area (Å²) in [6.07, 6.45) is 0. The molecule has 0 aliphatic heterocycles. The van der Waals surface area contributed by atoms with E-state index in [0.717, 1.165) is 0 Å². The van der Waals surface area contributed by atoms with Crippen LogP contribution < -0.4 is 5.73 Å². The summed E-state index contributed by atoms with van der Waals surface area (Å²) >= 11 is 0. The topological polar surface area (TPSA) is 87.2 Å². The second-order valence-electron chi connectivity index (χ2n) is 4.17. The molecule has 0 radical (unpaired) electrons. The summed E-state index contributed by atoms with van der Waals surface area (Å²) < 4.78 is 26.2. The molecule has 0 atom stereocenters. The quantitative estimate of drug-likeness (QED) is 0.839. The average molecular weight is 267 g/mol. The molecule has 1 aromatic rings. The van der Waals surface area contributed by atoms with Crippen molar-refractivity contribution in [2.24, 2.45) is 0 Å². The zero-order chi connectivity index (χ0) is 13.9. The maximum absolute atomic E-state index is 12.4. The van der Waals surface area contributed by atoms with E-state index in [1.807, 2.05) is 6.07 Å². The standard InChI is InChI=1S/C12H17N3O2S/c1-4-15(9(2)3)18(16,17)12-6-5-11(14)7-10(12)8-13/h5-7,9H,4,14H2,1-3H3. The Morgan fingerprint density at radius 1 is 1.44 bits per heavy atom. The zero-order valence-corrected chi connectivity index (χ0v) is 11.5. The molecule has 0 aliphatic rings. The molecule has 1 rings (SSSR count). The normalized spacial score (nSPS) is 11.8. The molecule has 0 aliphatic carbocycles. The van der Waals surface area contributed by atoms with Gasteiger partial charge in [0.2, 0.25) is 10.0 Å². The molecule has 0 saturated carbocycles. The van der Waals surface area contributed by atoms with Crippen LogP contribution in [0.1, 0.15) is 26.3 Å². The third-order valence-electron chi connectivity index (χ3n) is 2.60. The summed E-state index contributed by atoms with van der Waals surface area (Å²) in [7, 11) is -3.65. The van der Waals surface area contributed by atoms with Gasteiger partial charge in [-0.05, 0) is 32.0 Å². The first-order chi connectivity index (χ1) is 8.34. The molecule has 0 spiro atoms. The van der Waals surface area contributed by atoms with Crippen LogP contribution in [0, 0.1) is 11.3 Å². The monoisotopic (exact) mass is 267 g/mol. The van der Waals surface area contributed by atoms with Gasteiger partial charge in [0.1, 0.15) is 11.0 Å². The van der Waals surface area contributed by atoms with Gasteiger partial charge < -0.3 is 5.73 Å².